The molecule has 1 fully saturated rings. The van der Waals surface area contributed by atoms with Crippen LogP contribution in [0.1, 0.15) is 18.4 Å². The Morgan fingerprint density at radius 2 is 2.43 bits per heavy atom. The van der Waals surface area contributed by atoms with E-state index < -0.39 is 0 Å². The third-order valence-corrected chi connectivity index (χ3v) is 3.90. The second-order valence-corrected chi connectivity index (χ2v) is 5.03. The Hall–Kier alpha value is -0.0900. The topological polar surface area (TPSA) is 29.3 Å². The van der Waals surface area contributed by atoms with E-state index in [0.29, 0.717) is 6.04 Å². The van der Waals surface area contributed by atoms with Gasteiger partial charge in [-0.05, 0) is 30.3 Å². The molecule has 78 valence electrons. The lowest BCUT2D eigenvalue weighted by Gasteiger charge is -2.30. The molecule has 0 aliphatic carbocycles. The number of nitrogens with zero attached hydrogens (tertiary/aromatic N) is 1. The third-order valence-electron chi connectivity index (χ3n) is 2.62. The van der Waals surface area contributed by atoms with E-state index in [-0.39, 0.29) is 0 Å². The van der Waals surface area contributed by atoms with Crippen LogP contribution in [-0.2, 0) is 6.54 Å². The van der Waals surface area contributed by atoms with Gasteiger partial charge in [-0.2, -0.15) is 11.3 Å². The molecule has 2 heterocycles. The molecule has 14 heavy (non-hydrogen) atoms. The average molecular weight is 231 g/mol. The van der Waals surface area contributed by atoms with Gasteiger partial charge < -0.3 is 5.73 Å². The number of halogens is 1. The third kappa shape index (κ3) is 2.48. The predicted octanol–water partition coefficient (Wildman–Crippen LogP) is 2.32. The van der Waals surface area contributed by atoms with E-state index in [9.17, 15) is 0 Å². The molecule has 2 rings (SSSR count). The molecule has 0 radical (unpaired) electrons. The maximum absolute atomic E-state index is 6.05. The fraction of sp³-hybridized carbons (Fsp3) is 0.600. The second kappa shape index (κ2) is 4.62. The molecule has 1 aliphatic heterocycles. The molecule has 1 atom stereocenters. The van der Waals surface area contributed by atoms with Crippen molar-refractivity contribution in [2.45, 2.75) is 25.4 Å². The first-order valence-electron chi connectivity index (χ1n) is 4.94. The molecule has 0 aromatic carbocycles. The molecule has 0 amide bonds. The SMILES string of the molecule is N[C@@H]1CCCN(Cc2cscc2Cl)C1. The number of piperidine rings is 1. The van der Waals surface area contributed by atoms with Crippen molar-refractivity contribution < 1.29 is 0 Å². The number of likely N-dealkylation sites (tertiary alicyclic amines) is 1. The monoisotopic (exact) mass is 230 g/mol. The fourth-order valence-corrected chi connectivity index (χ4v) is 2.93. The van der Waals surface area contributed by atoms with Crippen molar-refractivity contribution in [3.05, 3.63) is 21.3 Å². The Morgan fingerprint density at radius 3 is 3.07 bits per heavy atom. The summed E-state index contributed by atoms with van der Waals surface area (Å²) in [5.74, 6) is 0. The Labute approximate surface area is 93.7 Å². The summed E-state index contributed by atoms with van der Waals surface area (Å²) >= 11 is 7.71. The Kier molecular flexibility index (Phi) is 3.44. The van der Waals surface area contributed by atoms with Crippen molar-refractivity contribution in [2.75, 3.05) is 13.1 Å². The number of hydrogen-bond acceptors (Lipinski definition) is 3. The van der Waals surface area contributed by atoms with Gasteiger partial charge in [0.25, 0.3) is 0 Å². The highest BCUT2D eigenvalue weighted by Crippen LogP contribution is 2.23. The lowest BCUT2D eigenvalue weighted by atomic mass is 10.1. The van der Waals surface area contributed by atoms with Crippen molar-refractivity contribution in [3.63, 3.8) is 0 Å². The zero-order valence-corrected chi connectivity index (χ0v) is 9.65. The van der Waals surface area contributed by atoms with Crippen molar-refractivity contribution in [2.24, 2.45) is 5.73 Å². The molecule has 2 nitrogen and oxygen atoms in total. The van der Waals surface area contributed by atoms with Crippen molar-refractivity contribution in [1.29, 1.82) is 0 Å². The normalized spacial score (nSPS) is 24.0. The minimum atomic E-state index is 0.348. The van der Waals surface area contributed by atoms with E-state index in [1.807, 2.05) is 5.38 Å². The van der Waals surface area contributed by atoms with Crippen LogP contribution in [0.4, 0.5) is 0 Å². The molecule has 0 saturated carbocycles. The molecule has 0 spiro atoms. The number of rotatable bonds is 2. The summed E-state index contributed by atoms with van der Waals surface area (Å²) in [4.78, 5) is 2.39. The molecular formula is C10H15ClN2S. The van der Waals surface area contributed by atoms with E-state index in [2.05, 4.69) is 10.3 Å². The molecule has 1 aliphatic rings. The van der Waals surface area contributed by atoms with Gasteiger partial charge in [-0.15, -0.1) is 0 Å². The Balaban J connectivity index is 1.94. The summed E-state index contributed by atoms with van der Waals surface area (Å²) in [5, 5.41) is 5.01. The minimum Gasteiger partial charge on any atom is -0.327 e. The Bertz CT molecular complexity index is 300. The highest BCUT2D eigenvalue weighted by atomic mass is 35.5. The van der Waals surface area contributed by atoms with Gasteiger partial charge >= 0.3 is 0 Å². The molecular weight excluding hydrogens is 216 g/mol. The van der Waals surface area contributed by atoms with E-state index in [1.54, 1.807) is 11.3 Å². The lowest BCUT2D eigenvalue weighted by Crippen LogP contribution is -2.42. The number of hydrogen-bond donors (Lipinski definition) is 1. The maximum atomic E-state index is 6.05. The van der Waals surface area contributed by atoms with E-state index >= 15 is 0 Å². The van der Waals surface area contributed by atoms with E-state index in [4.69, 9.17) is 17.3 Å². The average Bonchev–Trinajstić information content (AvgIpc) is 2.52. The first-order chi connectivity index (χ1) is 6.75. The molecule has 2 N–H and O–H groups in total. The molecule has 1 aromatic rings. The molecule has 4 heteroatoms. The minimum absolute atomic E-state index is 0.348. The predicted molar refractivity (Wildman–Crippen MR) is 61.8 cm³/mol. The molecule has 0 unspecified atom stereocenters. The van der Waals surface area contributed by atoms with Gasteiger partial charge in [0.05, 0.1) is 5.02 Å². The fourth-order valence-electron chi connectivity index (χ4n) is 1.90. The first kappa shape index (κ1) is 10.4. The van der Waals surface area contributed by atoms with Gasteiger partial charge in [0.2, 0.25) is 0 Å². The molecule has 1 aromatic heterocycles. The summed E-state index contributed by atoms with van der Waals surface area (Å²) in [6.45, 7) is 3.11. The van der Waals surface area contributed by atoms with Crippen LogP contribution in [0.5, 0.6) is 0 Å². The van der Waals surface area contributed by atoms with Gasteiger partial charge in [-0.25, -0.2) is 0 Å². The maximum Gasteiger partial charge on any atom is 0.0557 e. The molecule has 0 bridgehead atoms. The van der Waals surface area contributed by atoms with Crippen LogP contribution in [-0.4, -0.2) is 24.0 Å². The second-order valence-electron chi connectivity index (χ2n) is 3.88. The van der Waals surface area contributed by atoms with Crippen molar-refractivity contribution >= 4 is 22.9 Å². The Morgan fingerprint density at radius 1 is 1.57 bits per heavy atom. The van der Waals surface area contributed by atoms with Crippen molar-refractivity contribution in [1.82, 2.24) is 4.90 Å². The smallest absolute Gasteiger partial charge is 0.0557 e. The van der Waals surface area contributed by atoms with E-state index in [1.165, 1.54) is 12.0 Å². The zero-order chi connectivity index (χ0) is 9.97. The lowest BCUT2D eigenvalue weighted by molar-refractivity contribution is 0.202. The van der Waals surface area contributed by atoms with Gasteiger partial charge in [-0.3, -0.25) is 4.90 Å². The summed E-state index contributed by atoms with van der Waals surface area (Å²) in [5.41, 5.74) is 7.16. The van der Waals surface area contributed by atoms with Crippen LogP contribution < -0.4 is 5.73 Å². The van der Waals surface area contributed by atoms with Gasteiger partial charge in [0.15, 0.2) is 0 Å². The van der Waals surface area contributed by atoms with Gasteiger partial charge in [-0.1, -0.05) is 11.6 Å². The van der Waals surface area contributed by atoms with E-state index in [0.717, 1.165) is 31.1 Å². The summed E-state index contributed by atoms with van der Waals surface area (Å²) < 4.78 is 0. The van der Waals surface area contributed by atoms with Crippen LogP contribution >= 0.6 is 22.9 Å². The highest BCUT2D eigenvalue weighted by molar-refractivity contribution is 7.08. The van der Waals surface area contributed by atoms with Crippen LogP contribution in [0.3, 0.4) is 0 Å². The molecule has 1 saturated heterocycles. The van der Waals surface area contributed by atoms with Crippen molar-refractivity contribution in [3.8, 4) is 0 Å². The summed E-state index contributed by atoms with van der Waals surface area (Å²) in [6, 6.07) is 0.348. The summed E-state index contributed by atoms with van der Waals surface area (Å²) in [6.07, 6.45) is 2.37. The highest BCUT2D eigenvalue weighted by Gasteiger charge is 2.17. The number of nitrogens with two attached hydrogens (primary N) is 1. The van der Waals surface area contributed by atoms with Gasteiger partial charge in [0, 0.05) is 24.5 Å². The van der Waals surface area contributed by atoms with Crippen LogP contribution in [0.2, 0.25) is 5.02 Å². The number of thiophene rings is 1. The summed E-state index contributed by atoms with van der Waals surface area (Å²) in [7, 11) is 0. The van der Waals surface area contributed by atoms with Crippen LogP contribution in [0.15, 0.2) is 10.8 Å². The first-order valence-corrected chi connectivity index (χ1v) is 6.26. The van der Waals surface area contributed by atoms with Crippen LogP contribution in [0.25, 0.3) is 0 Å². The van der Waals surface area contributed by atoms with Crippen LogP contribution in [0, 0.1) is 0 Å². The van der Waals surface area contributed by atoms with Gasteiger partial charge in [0.1, 0.15) is 0 Å². The zero-order valence-electron chi connectivity index (χ0n) is 8.08. The quantitative estimate of drug-likeness (QED) is 0.845. The largest absolute Gasteiger partial charge is 0.327 e. The standard InChI is InChI=1S/C10H15ClN2S/c11-10-7-14-6-8(10)4-13-3-1-2-9(12)5-13/h6-7,9H,1-5,12H2/t9-/m1/s1.